The maximum absolute atomic E-state index is 10.7. The van der Waals surface area contributed by atoms with Crippen molar-refractivity contribution in [3.05, 3.63) is 28.3 Å². The van der Waals surface area contributed by atoms with Gasteiger partial charge in [-0.1, -0.05) is 0 Å². The van der Waals surface area contributed by atoms with Crippen LogP contribution in [0.3, 0.4) is 0 Å². The highest BCUT2D eigenvalue weighted by molar-refractivity contribution is 5.80. The molecular formula is C12H15N5O2. The molecule has 0 bridgehead atoms. The number of nitro benzene ring substituents is 1. The Labute approximate surface area is 109 Å². The summed E-state index contributed by atoms with van der Waals surface area (Å²) in [5, 5.41) is 10.7. The van der Waals surface area contributed by atoms with Crippen LogP contribution in [0.5, 0.6) is 0 Å². The highest BCUT2D eigenvalue weighted by atomic mass is 16.6. The first-order valence-electron chi connectivity index (χ1n) is 6.26. The fourth-order valence-electron chi connectivity index (χ4n) is 2.46. The van der Waals surface area contributed by atoms with Crippen LogP contribution in [0.1, 0.15) is 6.42 Å². The molecule has 1 saturated heterocycles. The van der Waals surface area contributed by atoms with Crippen LogP contribution in [0.25, 0.3) is 11.0 Å². The average molecular weight is 261 g/mol. The van der Waals surface area contributed by atoms with Gasteiger partial charge in [0.15, 0.2) is 0 Å². The second-order valence-corrected chi connectivity index (χ2v) is 4.86. The second-order valence-electron chi connectivity index (χ2n) is 4.86. The molecule has 1 aromatic carbocycles. The lowest BCUT2D eigenvalue weighted by Gasteiger charge is -2.14. The lowest BCUT2D eigenvalue weighted by Crippen LogP contribution is -2.23. The zero-order valence-corrected chi connectivity index (χ0v) is 10.4. The van der Waals surface area contributed by atoms with E-state index in [9.17, 15) is 10.1 Å². The number of nitro groups is 1. The maximum atomic E-state index is 10.7. The lowest BCUT2D eigenvalue weighted by molar-refractivity contribution is -0.384. The number of non-ortho nitro benzene ring substituents is 1. The van der Waals surface area contributed by atoms with E-state index in [2.05, 4.69) is 14.9 Å². The highest BCUT2D eigenvalue weighted by Gasteiger charge is 2.23. The second kappa shape index (κ2) is 4.51. The van der Waals surface area contributed by atoms with Gasteiger partial charge >= 0.3 is 0 Å². The van der Waals surface area contributed by atoms with Crippen molar-refractivity contribution < 1.29 is 4.92 Å². The van der Waals surface area contributed by atoms with Gasteiger partial charge in [-0.05, 0) is 24.9 Å². The molecule has 19 heavy (non-hydrogen) atoms. The molecule has 0 saturated carbocycles. The molecule has 1 aromatic heterocycles. The Hall–Kier alpha value is -2.15. The Balaban J connectivity index is 1.91. The molecule has 0 aliphatic carbocycles. The number of H-pyrrole nitrogens is 1. The number of anilines is 1. The topological polar surface area (TPSA) is 101 Å². The van der Waals surface area contributed by atoms with Crippen molar-refractivity contribution in [3.63, 3.8) is 0 Å². The Morgan fingerprint density at radius 1 is 1.58 bits per heavy atom. The SMILES string of the molecule is NC[C@H]1CCN(c2nc3ccc([N+](=O)[O-])cc3[nH]2)C1. The zero-order valence-electron chi connectivity index (χ0n) is 10.4. The fraction of sp³-hybridized carbons (Fsp3) is 0.417. The van der Waals surface area contributed by atoms with Gasteiger partial charge in [0, 0.05) is 25.2 Å². The predicted molar refractivity (Wildman–Crippen MR) is 72.1 cm³/mol. The smallest absolute Gasteiger partial charge is 0.271 e. The van der Waals surface area contributed by atoms with Crippen LogP contribution in [0.4, 0.5) is 11.6 Å². The Morgan fingerprint density at radius 2 is 2.42 bits per heavy atom. The predicted octanol–water partition coefficient (Wildman–Crippen LogP) is 1.26. The summed E-state index contributed by atoms with van der Waals surface area (Å²) in [7, 11) is 0. The zero-order chi connectivity index (χ0) is 13.4. The molecular weight excluding hydrogens is 246 g/mol. The van der Waals surface area contributed by atoms with Crippen LogP contribution in [0, 0.1) is 16.0 Å². The first kappa shape index (κ1) is 11.9. The first-order valence-corrected chi connectivity index (χ1v) is 6.26. The molecule has 1 fully saturated rings. The van der Waals surface area contributed by atoms with Crippen molar-refractivity contribution in [2.45, 2.75) is 6.42 Å². The van der Waals surface area contributed by atoms with E-state index in [1.807, 2.05) is 0 Å². The van der Waals surface area contributed by atoms with Crippen LogP contribution >= 0.6 is 0 Å². The van der Waals surface area contributed by atoms with Crippen LogP contribution in [-0.2, 0) is 0 Å². The van der Waals surface area contributed by atoms with E-state index >= 15 is 0 Å². The number of benzene rings is 1. The summed E-state index contributed by atoms with van der Waals surface area (Å²) in [6.07, 6.45) is 1.06. The third-order valence-corrected chi connectivity index (χ3v) is 3.58. The molecule has 0 unspecified atom stereocenters. The molecule has 1 aliphatic rings. The first-order chi connectivity index (χ1) is 9.17. The van der Waals surface area contributed by atoms with Crippen LogP contribution in [-0.4, -0.2) is 34.5 Å². The van der Waals surface area contributed by atoms with Gasteiger partial charge < -0.3 is 15.6 Å². The number of fused-ring (bicyclic) bond motifs is 1. The normalized spacial score (nSPS) is 19.2. The molecule has 7 heteroatoms. The van der Waals surface area contributed by atoms with Crippen molar-refractivity contribution in [3.8, 4) is 0 Å². The minimum atomic E-state index is -0.403. The number of imidazole rings is 1. The summed E-state index contributed by atoms with van der Waals surface area (Å²) >= 11 is 0. The Kier molecular flexibility index (Phi) is 2.83. The van der Waals surface area contributed by atoms with E-state index < -0.39 is 4.92 Å². The average Bonchev–Trinajstić information content (AvgIpc) is 3.03. The van der Waals surface area contributed by atoms with E-state index in [0.29, 0.717) is 18.0 Å². The quantitative estimate of drug-likeness (QED) is 0.639. The summed E-state index contributed by atoms with van der Waals surface area (Å²) in [4.78, 5) is 20.1. The lowest BCUT2D eigenvalue weighted by atomic mass is 10.1. The number of nitrogens with two attached hydrogens (primary N) is 1. The number of aromatic amines is 1. The van der Waals surface area contributed by atoms with Crippen molar-refractivity contribution in [1.29, 1.82) is 0 Å². The molecule has 0 radical (unpaired) electrons. The van der Waals surface area contributed by atoms with Crippen molar-refractivity contribution in [2.24, 2.45) is 11.7 Å². The van der Waals surface area contributed by atoms with Crippen LogP contribution in [0.15, 0.2) is 18.2 Å². The van der Waals surface area contributed by atoms with Gasteiger partial charge in [0.05, 0.1) is 16.0 Å². The van der Waals surface area contributed by atoms with Crippen LogP contribution < -0.4 is 10.6 Å². The van der Waals surface area contributed by atoms with Gasteiger partial charge in [0.2, 0.25) is 5.95 Å². The highest BCUT2D eigenvalue weighted by Crippen LogP contribution is 2.25. The van der Waals surface area contributed by atoms with E-state index in [-0.39, 0.29) is 5.69 Å². The minimum Gasteiger partial charge on any atom is -0.342 e. The molecule has 1 atom stereocenters. The third kappa shape index (κ3) is 2.12. The molecule has 0 amide bonds. The van der Waals surface area contributed by atoms with E-state index in [1.54, 1.807) is 6.07 Å². The van der Waals surface area contributed by atoms with Gasteiger partial charge in [-0.2, -0.15) is 0 Å². The monoisotopic (exact) mass is 261 g/mol. The van der Waals surface area contributed by atoms with E-state index in [4.69, 9.17) is 5.73 Å². The van der Waals surface area contributed by atoms with Gasteiger partial charge in [-0.15, -0.1) is 0 Å². The molecule has 7 nitrogen and oxygen atoms in total. The number of hydrogen-bond acceptors (Lipinski definition) is 5. The number of rotatable bonds is 3. The summed E-state index contributed by atoms with van der Waals surface area (Å²) in [6.45, 7) is 2.49. The molecule has 2 heterocycles. The molecule has 3 N–H and O–H groups in total. The van der Waals surface area contributed by atoms with Crippen LogP contribution in [0.2, 0.25) is 0 Å². The molecule has 2 aromatic rings. The summed E-state index contributed by atoms with van der Waals surface area (Å²) in [6, 6.07) is 4.66. The van der Waals surface area contributed by atoms with Crippen molar-refractivity contribution >= 4 is 22.7 Å². The minimum absolute atomic E-state index is 0.0731. The number of hydrogen-bond donors (Lipinski definition) is 2. The molecule has 1 aliphatic heterocycles. The van der Waals surface area contributed by atoms with E-state index in [0.717, 1.165) is 31.0 Å². The van der Waals surface area contributed by atoms with Crippen molar-refractivity contribution in [2.75, 3.05) is 24.5 Å². The Morgan fingerprint density at radius 3 is 3.11 bits per heavy atom. The van der Waals surface area contributed by atoms with Gasteiger partial charge in [0.1, 0.15) is 0 Å². The van der Waals surface area contributed by atoms with Gasteiger partial charge in [-0.3, -0.25) is 10.1 Å². The largest absolute Gasteiger partial charge is 0.342 e. The molecule has 0 spiro atoms. The number of aromatic nitrogens is 2. The maximum Gasteiger partial charge on any atom is 0.271 e. The fourth-order valence-corrected chi connectivity index (χ4v) is 2.46. The number of nitrogens with one attached hydrogen (secondary N) is 1. The molecule has 3 rings (SSSR count). The number of nitrogens with zero attached hydrogens (tertiary/aromatic N) is 3. The summed E-state index contributed by atoms with van der Waals surface area (Å²) in [5.41, 5.74) is 7.19. The Bertz CT molecular complexity index is 624. The van der Waals surface area contributed by atoms with Gasteiger partial charge in [-0.25, -0.2) is 4.98 Å². The third-order valence-electron chi connectivity index (χ3n) is 3.58. The summed E-state index contributed by atoms with van der Waals surface area (Å²) < 4.78 is 0. The standard InChI is InChI=1S/C12H15N5O2/c13-6-8-3-4-16(7-8)12-14-10-2-1-9(17(18)19)5-11(10)15-12/h1-2,5,8H,3-4,6-7,13H2,(H,14,15)/t8-/m1/s1. The van der Waals surface area contributed by atoms with E-state index in [1.165, 1.54) is 12.1 Å². The van der Waals surface area contributed by atoms with Crippen molar-refractivity contribution in [1.82, 2.24) is 9.97 Å². The molecule has 100 valence electrons. The van der Waals surface area contributed by atoms with Gasteiger partial charge in [0.25, 0.3) is 5.69 Å². The summed E-state index contributed by atoms with van der Waals surface area (Å²) in [5.74, 6) is 1.27.